The van der Waals surface area contributed by atoms with Gasteiger partial charge in [0.1, 0.15) is 5.75 Å². The number of hydrogen-bond acceptors (Lipinski definition) is 3. The van der Waals surface area contributed by atoms with Crippen LogP contribution in [0.25, 0.3) is 6.08 Å². The summed E-state index contributed by atoms with van der Waals surface area (Å²) in [5.41, 5.74) is 0.923. The van der Waals surface area contributed by atoms with Crippen LogP contribution in [0.15, 0.2) is 30.3 Å². The molecule has 0 bridgehead atoms. The minimum atomic E-state index is -1.35. The Morgan fingerprint density at radius 3 is 2.95 bits per heavy atom. The van der Waals surface area contributed by atoms with Gasteiger partial charge in [-0.05, 0) is 24.1 Å². The van der Waals surface area contributed by atoms with E-state index >= 15 is 0 Å². The van der Waals surface area contributed by atoms with Gasteiger partial charge < -0.3 is 14.9 Å². The van der Waals surface area contributed by atoms with E-state index in [1.807, 2.05) is 24.3 Å². The number of hydrogen-bond donors (Lipinski definition) is 2. The molecule has 0 aliphatic carbocycles. The molecule has 4 nitrogen and oxygen atoms in total. The molecule has 104 valence electrons. The Hall–Kier alpha value is -1.81. The van der Waals surface area contributed by atoms with Gasteiger partial charge in [-0.25, -0.2) is 4.79 Å². The predicted octanol–water partition coefficient (Wildman–Crippen LogP) is 2.71. The quantitative estimate of drug-likeness (QED) is 0.708. The lowest BCUT2D eigenvalue weighted by molar-refractivity contribution is -0.146. The molecule has 0 spiro atoms. The van der Waals surface area contributed by atoms with Crippen LogP contribution < -0.4 is 4.74 Å². The van der Waals surface area contributed by atoms with Gasteiger partial charge in [0.25, 0.3) is 0 Å². The highest BCUT2D eigenvalue weighted by Gasteiger charge is 2.09. The molecule has 0 radical (unpaired) electrons. The van der Waals surface area contributed by atoms with Crippen LogP contribution in [-0.4, -0.2) is 28.9 Å². The summed E-state index contributed by atoms with van der Waals surface area (Å²) < 4.78 is 5.58. The van der Waals surface area contributed by atoms with Crippen molar-refractivity contribution in [1.82, 2.24) is 0 Å². The number of carboxylic acid groups (broad SMARTS) is 1. The van der Waals surface area contributed by atoms with Gasteiger partial charge in [0, 0.05) is 6.42 Å². The smallest absolute Gasteiger partial charge is 0.332 e. The first-order valence-electron chi connectivity index (χ1n) is 6.43. The molecule has 0 aliphatic heterocycles. The van der Waals surface area contributed by atoms with Crippen molar-refractivity contribution in [2.45, 2.75) is 32.3 Å². The average Bonchev–Trinajstić information content (AvgIpc) is 2.39. The zero-order valence-corrected chi connectivity index (χ0v) is 11.1. The Balaban J connectivity index is 2.51. The molecule has 0 saturated carbocycles. The number of aliphatic hydroxyl groups is 1. The first kappa shape index (κ1) is 15.2. The van der Waals surface area contributed by atoms with Crippen LogP contribution in [0.4, 0.5) is 0 Å². The van der Waals surface area contributed by atoms with Crippen molar-refractivity contribution >= 4 is 12.0 Å². The lowest BCUT2D eigenvalue weighted by Crippen LogP contribution is -2.17. The summed E-state index contributed by atoms with van der Waals surface area (Å²) in [5.74, 6) is -0.407. The van der Waals surface area contributed by atoms with E-state index in [9.17, 15) is 4.79 Å². The third-order valence-electron chi connectivity index (χ3n) is 2.58. The Morgan fingerprint density at radius 1 is 1.47 bits per heavy atom. The largest absolute Gasteiger partial charge is 0.494 e. The number of aliphatic hydroxyl groups excluding tert-OH is 1. The SMILES string of the molecule is CCCCOc1cccc(/C=C/CC(O)C(=O)O)c1. The zero-order chi connectivity index (χ0) is 14.1. The molecule has 1 atom stereocenters. The van der Waals surface area contributed by atoms with E-state index in [0.717, 1.165) is 24.2 Å². The molecule has 0 aliphatic rings. The predicted molar refractivity (Wildman–Crippen MR) is 74.1 cm³/mol. The fraction of sp³-hybridized carbons (Fsp3) is 0.400. The van der Waals surface area contributed by atoms with Crippen molar-refractivity contribution in [2.75, 3.05) is 6.61 Å². The maximum absolute atomic E-state index is 10.4. The summed E-state index contributed by atoms with van der Waals surface area (Å²) in [4.78, 5) is 10.4. The summed E-state index contributed by atoms with van der Waals surface area (Å²) in [6.07, 6.45) is 4.27. The summed E-state index contributed by atoms with van der Waals surface area (Å²) in [7, 11) is 0. The number of rotatable bonds is 8. The third kappa shape index (κ3) is 6.06. The number of carbonyl (C=O) groups is 1. The zero-order valence-electron chi connectivity index (χ0n) is 11.1. The highest BCUT2D eigenvalue weighted by molar-refractivity contribution is 5.72. The second kappa shape index (κ2) is 8.32. The van der Waals surface area contributed by atoms with E-state index < -0.39 is 12.1 Å². The molecule has 0 amide bonds. The molecule has 2 N–H and O–H groups in total. The van der Waals surface area contributed by atoms with E-state index in [-0.39, 0.29) is 6.42 Å². The maximum atomic E-state index is 10.4. The lowest BCUT2D eigenvalue weighted by atomic mass is 10.1. The standard InChI is InChI=1S/C15H20O4/c1-2-3-10-19-13-8-4-6-12(11-13)7-5-9-14(16)15(17)18/h4-8,11,14,16H,2-3,9-10H2,1H3,(H,17,18)/b7-5+. The summed E-state index contributed by atoms with van der Waals surface area (Å²) in [6.45, 7) is 2.80. The number of carboxylic acids is 1. The van der Waals surface area contributed by atoms with Gasteiger partial charge in [-0.15, -0.1) is 0 Å². The Bertz CT molecular complexity index is 426. The van der Waals surface area contributed by atoms with E-state index in [1.54, 1.807) is 12.2 Å². The second-order valence-corrected chi connectivity index (χ2v) is 4.27. The van der Waals surface area contributed by atoms with Crippen molar-refractivity contribution in [3.63, 3.8) is 0 Å². The van der Waals surface area contributed by atoms with Crippen LogP contribution in [0.5, 0.6) is 5.75 Å². The molecular weight excluding hydrogens is 244 g/mol. The van der Waals surface area contributed by atoms with Crippen LogP contribution in [0.1, 0.15) is 31.7 Å². The first-order chi connectivity index (χ1) is 9.13. The normalized spacial score (nSPS) is 12.5. The molecule has 0 saturated heterocycles. The van der Waals surface area contributed by atoms with Crippen LogP contribution in [0, 0.1) is 0 Å². The van der Waals surface area contributed by atoms with Gasteiger partial charge in [0.2, 0.25) is 0 Å². The lowest BCUT2D eigenvalue weighted by Gasteiger charge is -2.05. The van der Waals surface area contributed by atoms with E-state index in [2.05, 4.69) is 6.92 Å². The Labute approximate surface area is 113 Å². The van der Waals surface area contributed by atoms with E-state index in [0.29, 0.717) is 6.61 Å². The molecule has 0 aromatic heterocycles. The van der Waals surface area contributed by atoms with Crippen LogP contribution >= 0.6 is 0 Å². The maximum Gasteiger partial charge on any atom is 0.332 e. The molecule has 0 fully saturated rings. The van der Waals surface area contributed by atoms with Crippen LogP contribution in [0.2, 0.25) is 0 Å². The number of unbranched alkanes of at least 4 members (excludes halogenated alkanes) is 1. The van der Waals surface area contributed by atoms with Gasteiger partial charge in [-0.2, -0.15) is 0 Å². The van der Waals surface area contributed by atoms with Gasteiger partial charge in [-0.3, -0.25) is 0 Å². The molecule has 1 rings (SSSR count). The molecule has 1 aromatic carbocycles. The molecule has 19 heavy (non-hydrogen) atoms. The number of benzene rings is 1. The van der Waals surface area contributed by atoms with E-state index in [1.165, 1.54) is 0 Å². The third-order valence-corrected chi connectivity index (χ3v) is 2.58. The highest BCUT2D eigenvalue weighted by Crippen LogP contribution is 2.15. The van der Waals surface area contributed by atoms with Crippen LogP contribution in [-0.2, 0) is 4.79 Å². The Morgan fingerprint density at radius 2 is 2.26 bits per heavy atom. The fourth-order valence-electron chi connectivity index (χ4n) is 1.48. The molecule has 0 heterocycles. The second-order valence-electron chi connectivity index (χ2n) is 4.27. The van der Waals surface area contributed by atoms with Crippen molar-refractivity contribution in [3.8, 4) is 5.75 Å². The van der Waals surface area contributed by atoms with Gasteiger partial charge in [-0.1, -0.05) is 37.6 Å². The van der Waals surface area contributed by atoms with E-state index in [4.69, 9.17) is 14.9 Å². The van der Waals surface area contributed by atoms with Crippen molar-refractivity contribution in [2.24, 2.45) is 0 Å². The Kier molecular flexibility index (Phi) is 6.68. The average molecular weight is 264 g/mol. The van der Waals surface area contributed by atoms with Gasteiger partial charge in [0.15, 0.2) is 6.10 Å². The summed E-state index contributed by atoms with van der Waals surface area (Å²) in [6, 6.07) is 7.56. The minimum absolute atomic E-state index is 0.0935. The topological polar surface area (TPSA) is 66.8 Å². The number of aliphatic carboxylic acids is 1. The van der Waals surface area contributed by atoms with Gasteiger partial charge >= 0.3 is 5.97 Å². The monoisotopic (exact) mass is 264 g/mol. The van der Waals surface area contributed by atoms with Gasteiger partial charge in [0.05, 0.1) is 6.61 Å². The summed E-state index contributed by atoms with van der Waals surface area (Å²) in [5, 5.41) is 17.7. The summed E-state index contributed by atoms with van der Waals surface area (Å²) >= 11 is 0. The molecule has 1 unspecified atom stereocenters. The molecular formula is C15H20O4. The minimum Gasteiger partial charge on any atom is -0.494 e. The van der Waals surface area contributed by atoms with Crippen molar-refractivity contribution in [3.05, 3.63) is 35.9 Å². The van der Waals surface area contributed by atoms with Crippen molar-refractivity contribution in [1.29, 1.82) is 0 Å². The van der Waals surface area contributed by atoms with Crippen LogP contribution in [0.3, 0.4) is 0 Å². The fourth-order valence-corrected chi connectivity index (χ4v) is 1.48. The molecule has 1 aromatic rings. The highest BCUT2D eigenvalue weighted by atomic mass is 16.5. The number of ether oxygens (including phenoxy) is 1. The molecule has 4 heteroatoms. The first-order valence-corrected chi connectivity index (χ1v) is 6.43. The van der Waals surface area contributed by atoms with Crippen molar-refractivity contribution < 1.29 is 19.7 Å².